The second-order valence-electron chi connectivity index (χ2n) is 6.39. The van der Waals surface area contributed by atoms with Gasteiger partial charge in [0.15, 0.2) is 11.5 Å². The Balaban J connectivity index is 2.37. The van der Waals surface area contributed by atoms with Gasteiger partial charge in [0.05, 0.1) is 0 Å². The van der Waals surface area contributed by atoms with Crippen molar-refractivity contribution in [3.63, 3.8) is 0 Å². The lowest BCUT2D eigenvalue weighted by molar-refractivity contribution is 0.400. The minimum Gasteiger partial charge on any atom is -0.508 e. The number of benzene rings is 2. The van der Waals surface area contributed by atoms with Crippen molar-refractivity contribution in [3.05, 3.63) is 53.6 Å². The molecular formula is C20H26O3. The quantitative estimate of drug-likeness (QED) is 0.493. The van der Waals surface area contributed by atoms with Crippen molar-refractivity contribution < 1.29 is 15.3 Å². The van der Waals surface area contributed by atoms with Crippen molar-refractivity contribution in [1.82, 2.24) is 0 Å². The van der Waals surface area contributed by atoms with Gasteiger partial charge in [-0.25, -0.2) is 0 Å². The molecule has 0 saturated carbocycles. The van der Waals surface area contributed by atoms with Gasteiger partial charge in [-0.15, -0.1) is 0 Å². The predicted octanol–water partition coefficient (Wildman–Crippen LogP) is 5.08. The van der Waals surface area contributed by atoms with Gasteiger partial charge in [-0.05, 0) is 41.8 Å². The average Bonchev–Trinajstić information content (AvgIpc) is 2.54. The molecule has 0 heterocycles. The summed E-state index contributed by atoms with van der Waals surface area (Å²) in [5, 5.41) is 29.0. The van der Waals surface area contributed by atoms with Crippen LogP contribution >= 0.6 is 0 Å². The van der Waals surface area contributed by atoms with Crippen LogP contribution in [0.25, 0.3) is 0 Å². The van der Waals surface area contributed by atoms with Gasteiger partial charge < -0.3 is 15.3 Å². The molecule has 3 heteroatoms. The third-order valence-corrected chi connectivity index (χ3v) is 4.65. The Morgan fingerprint density at radius 1 is 0.783 bits per heavy atom. The van der Waals surface area contributed by atoms with Crippen LogP contribution in [0.15, 0.2) is 42.5 Å². The zero-order chi connectivity index (χ0) is 16.9. The van der Waals surface area contributed by atoms with Crippen molar-refractivity contribution in [3.8, 4) is 17.2 Å². The lowest BCUT2D eigenvalue weighted by Gasteiger charge is -2.31. The molecule has 0 aromatic heterocycles. The van der Waals surface area contributed by atoms with E-state index in [-0.39, 0.29) is 22.7 Å². The Morgan fingerprint density at radius 2 is 1.43 bits per heavy atom. The van der Waals surface area contributed by atoms with Crippen molar-refractivity contribution in [2.75, 3.05) is 0 Å². The van der Waals surface area contributed by atoms with E-state index in [1.165, 1.54) is 25.3 Å². The zero-order valence-electron chi connectivity index (χ0n) is 13.9. The van der Waals surface area contributed by atoms with Crippen LogP contribution < -0.4 is 0 Å². The van der Waals surface area contributed by atoms with Gasteiger partial charge in [0.25, 0.3) is 0 Å². The summed E-state index contributed by atoms with van der Waals surface area (Å²) < 4.78 is 0. The smallest absolute Gasteiger partial charge is 0.157 e. The van der Waals surface area contributed by atoms with E-state index in [1.807, 2.05) is 18.2 Å². The molecular weight excluding hydrogens is 288 g/mol. The molecule has 23 heavy (non-hydrogen) atoms. The molecule has 0 aliphatic rings. The van der Waals surface area contributed by atoms with E-state index in [4.69, 9.17) is 0 Å². The molecule has 3 N–H and O–H groups in total. The van der Waals surface area contributed by atoms with Crippen LogP contribution in [0.3, 0.4) is 0 Å². The number of unbranched alkanes of at least 4 members (excludes halogenated alkanes) is 3. The number of aromatic hydroxyl groups is 3. The van der Waals surface area contributed by atoms with Crippen molar-refractivity contribution >= 4 is 0 Å². The summed E-state index contributed by atoms with van der Waals surface area (Å²) in [6, 6.07) is 12.3. The lowest BCUT2D eigenvalue weighted by atomic mass is 9.72. The summed E-state index contributed by atoms with van der Waals surface area (Å²) in [4.78, 5) is 0. The molecule has 1 unspecified atom stereocenters. The van der Waals surface area contributed by atoms with Crippen LogP contribution in [0.1, 0.15) is 57.1 Å². The fraction of sp³-hybridized carbons (Fsp3) is 0.400. The molecule has 0 spiro atoms. The van der Waals surface area contributed by atoms with Gasteiger partial charge in [-0.3, -0.25) is 0 Å². The van der Waals surface area contributed by atoms with Gasteiger partial charge in [0, 0.05) is 5.41 Å². The van der Waals surface area contributed by atoms with E-state index >= 15 is 0 Å². The van der Waals surface area contributed by atoms with Crippen molar-refractivity contribution in [1.29, 1.82) is 0 Å². The van der Waals surface area contributed by atoms with Crippen LogP contribution in [0.5, 0.6) is 17.2 Å². The summed E-state index contributed by atoms with van der Waals surface area (Å²) in [7, 11) is 0. The van der Waals surface area contributed by atoms with Gasteiger partial charge >= 0.3 is 0 Å². The predicted molar refractivity (Wildman–Crippen MR) is 93.1 cm³/mol. The molecule has 0 bridgehead atoms. The number of rotatable bonds is 7. The second-order valence-corrected chi connectivity index (χ2v) is 6.39. The molecule has 0 aliphatic carbocycles. The Morgan fingerprint density at radius 3 is 2.04 bits per heavy atom. The second kappa shape index (κ2) is 7.40. The van der Waals surface area contributed by atoms with Crippen LogP contribution in [0, 0.1) is 0 Å². The maximum absolute atomic E-state index is 9.87. The summed E-state index contributed by atoms with van der Waals surface area (Å²) >= 11 is 0. The summed E-state index contributed by atoms with van der Waals surface area (Å²) in [5.74, 6) is 0.0458. The Labute approximate surface area is 138 Å². The number of hydrogen-bond donors (Lipinski definition) is 3. The van der Waals surface area contributed by atoms with E-state index in [0.717, 1.165) is 24.0 Å². The highest BCUT2D eigenvalue weighted by Crippen LogP contribution is 2.40. The zero-order valence-corrected chi connectivity index (χ0v) is 13.9. The highest BCUT2D eigenvalue weighted by atomic mass is 16.3. The van der Waals surface area contributed by atoms with Gasteiger partial charge in [0.2, 0.25) is 0 Å². The maximum Gasteiger partial charge on any atom is 0.157 e. The number of phenolic OH excluding ortho intramolecular Hbond substituents is 3. The molecule has 1 atom stereocenters. The van der Waals surface area contributed by atoms with Gasteiger partial charge in [-0.1, -0.05) is 57.7 Å². The van der Waals surface area contributed by atoms with Crippen LogP contribution in [-0.4, -0.2) is 15.3 Å². The largest absolute Gasteiger partial charge is 0.508 e. The van der Waals surface area contributed by atoms with E-state index in [1.54, 1.807) is 18.2 Å². The number of phenols is 3. The summed E-state index contributed by atoms with van der Waals surface area (Å²) in [6.07, 6.45) is 5.62. The Hall–Kier alpha value is -2.16. The molecule has 0 fully saturated rings. The molecule has 0 radical (unpaired) electrons. The molecule has 0 saturated heterocycles. The van der Waals surface area contributed by atoms with Crippen LogP contribution in [-0.2, 0) is 5.41 Å². The standard InChI is InChI=1S/C20H26O3/c1-3-4-5-6-13-20(2,15-7-10-17(21)11-8-15)16-9-12-18(22)19(23)14-16/h7-12,14,21-23H,3-6,13H2,1-2H3. The van der Waals surface area contributed by atoms with Crippen molar-refractivity contribution in [2.24, 2.45) is 0 Å². The Bertz CT molecular complexity index is 634. The minimum atomic E-state index is -0.271. The fourth-order valence-electron chi connectivity index (χ4n) is 3.06. The summed E-state index contributed by atoms with van der Waals surface area (Å²) in [5.41, 5.74) is 1.79. The first-order valence-corrected chi connectivity index (χ1v) is 8.29. The molecule has 3 nitrogen and oxygen atoms in total. The van der Waals surface area contributed by atoms with E-state index < -0.39 is 0 Å². The van der Waals surface area contributed by atoms with Gasteiger partial charge in [-0.2, -0.15) is 0 Å². The first-order chi connectivity index (χ1) is 11.0. The monoisotopic (exact) mass is 314 g/mol. The SMILES string of the molecule is CCCCCCC(C)(c1ccc(O)cc1)c1ccc(O)c(O)c1. The number of hydrogen-bond acceptors (Lipinski definition) is 3. The third-order valence-electron chi connectivity index (χ3n) is 4.65. The molecule has 0 aliphatic heterocycles. The van der Waals surface area contributed by atoms with Crippen molar-refractivity contribution in [2.45, 2.75) is 51.4 Å². The van der Waals surface area contributed by atoms with E-state index in [0.29, 0.717) is 0 Å². The molecule has 2 aromatic carbocycles. The van der Waals surface area contributed by atoms with Gasteiger partial charge in [0.1, 0.15) is 5.75 Å². The fourth-order valence-corrected chi connectivity index (χ4v) is 3.06. The molecule has 124 valence electrons. The minimum absolute atomic E-state index is 0.0962. The van der Waals surface area contributed by atoms with E-state index in [9.17, 15) is 15.3 Å². The first-order valence-electron chi connectivity index (χ1n) is 8.29. The third kappa shape index (κ3) is 3.98. The molecule has 0 amide bonds. The van der Waals surface area contributed by atoms with Crippen LogP contribution in [0.2, 0.25) is 0 Å². The highest BCUT2D eigenvalue weighted by Gasteiger charge is 2.29. The topological polar surface area (TPSA) is 60.7 Å². The maximum atomic E-state index is 9.87. The first kappa shape index (κ1) is 17.2. The average molecular weight is 314 g/mol. The lowest BCUT2D eigenvalue weighted by Crippen LogP contribution is -2.23. The highest BCUT2D eigenvalue weighted by molar-refractivity contribution is 5.47. The Kier molecular flexibility index (Phi) is 5.54. The van der Waals surface area contributed by atoms with Crippen LogP contribution in [0.4, 0.5) is 0 Å². The molecule has 2 aromatic rings. The normalized spacial score (nSPS) is 13.7. The molecule has 2 rings (SSSR count). The summed E-state index contributed by atoms with van der Waals surface area (Å²) in [6.45, 7) is 4.34. The van der Waals surface area contributed by atoms with E-state index in [2.05, 4.69) is 13.8 Å².